The molecule has 4 heteroatoms. The molecule has 0 atom stereocenters. The van der Waals surface area contributed by atoms with E-state index in [9.17, 15) is 0 Å². The van der Waals surface area contributed by atoms with E-state index in [1.54, 1.807) is 0 Å². The van der Waals surface area contributed by atoms with Crippen molar-refractivity contribution in [2.24, 2.45) is 5.73 Å². The molecule has 100 valence electrons. The van der Waals surface area contributed by atoms with E-state index in [2.05, 4.69) is 29.4 Å². The molecule has 3 N–H and O–H groups in total. The van der Waals surface area contributed by atoms with Crippen LogP contribution in [0.15, 0.2) is 0 Å². The summed E-state index contributed by atoms with van der Waals surface area (Å²) in [6, 6.07) is 0.557. The Balaban J connectivity index is 2.28. The molecule has 0 saturated heterocycles. The largest absolute Gasteiger partial charge is 0.366 e. The first-order valence-electron chi connectivity index (χ1n) is 7.14. The maximum absolute atomic E-state index is 5.92. The molecular weight excluding hydrogens is 224 g/mol. The molecule has 1 saturated carbocycles. The fourth-order valence-electron chi connectivity index (χ4n) is 2.85. The van der Waals surface area contributed by atoms with Crippen LogP contribution in [-0.4, -0.2) is 16.2 Å². The lowest BCUT2D eigenvalue weighted by Gasteiger charge is -2.18. The van der Waals surface area contributed by atoms with Gasteiger partial charge in [0.2, 0.25) is 0 Å². The highest BCUT2D eigenvalue weighted by Gasteiger charge is 2.19. The standard InChI is InChI=1S/C14H24N4/c1-3-11-12(9-15)14(18-17-13(11)4-2)16-10-7-5-6-8-10/h10H,3-9,15H2,1-2H3,(H,16,18). The second kappa shape index (κ2) is 6.14. The Labute approximate surface area is 109 Å². The Bertz CT molecular complexity index is 397. The number of hydrogen-bond acceptors (Lipinski definition) is 4. The summed E-state index contributed by atoms with van der Waals surface area (Å²) in [4.78, 5) is 0. The number of rotatable bonds is 5. The number of nitrogens with zero attached hydrogens (tertiary/aromatic N) is 2. The van der Waals surface area contributed by atoms with Crippen molar-refractivity contribution < 1.29 is 0 Å². The van der Waals surface area contributed by atoms with Crippen molar-refractivity contribution in [1.82, 2.24) is 10.2 Å². The SMILES string of the molecule is CCc1nnc(NC2CCCC2)c(CN)c1CC. The molecule has 2 rings (SSSR count). The average molecular weight is 248 g/mol. The van der Waals surface area contributed by atoms with Crippen LogP contribution in [0, 0.1) is 0 Å². The first-order chi connectivity index (χ1) is 8.80. The average Bonchev–Trinajstić information content (AvgIpc) is 2.90. The predicted octanol–water partition coefficient (Wildman–Crippen LogP) is 2.41. The zero-order valence-corrected chi connectivity index (χ0v) is 11.5. The zero-order chi connectivity index (χ0) is 13.0. The van der Waals surface area contributed by atoms with E-state index in [1.165, 1.54) is 31.2 Å². The molecule has 1 aromatic rings. The van der Waals surface area contributed by atoms with Crippen molar-refractivity contribution in [3.63, 3.8) is 0 Å². The van der Waals surface area contributed by atoms with Crippen molar-refractivity contribution in [2.45, 2.75) is 65.0 Å². The van der Waals surface area contributed by atoms with Gasteiger partial charge in [0.1, 0.15) is 0 Å². The van der Waals surface area contributed by atoms with Gasteiger partial charge in [-0.15, -0.1) is 5.10 Å². The van der Waals surface area contributed by atoms with E-state index < -0.39 is 0 Å². The minimum atomic E-state index is 0.542. The molecule has 1 aliphatic carbocycles. The minimum Gasteiger partial charge on any atom is -0.366 e. The fraction of sp³-hybridized carbons (Fsp3) is 0.714. The number of aromatic nitrogens is 2. The zero-order valence-electron chi connectivity index (χ0n) is 11.5. The first kappa shape index (κ1) is 13.3. The van der Waals surface area contributed by atoms with Gasteiger partial charge >= 0.3 is 0 Å². The molecule has 4 nitrogen and oxygen atoms in total. The van der Waals surface area contributed by atoms with Gasteiger partial charge in [0, 0.05) is 18.2 Å². The summed E-state index contributed by atoms with van der Waals surface area (Å²) >= 11 is 0. The highest BCUT2D eigenvalue weighted by molar-refractivity contribution is 5.49. The molecular formula is C14H24N4. The summed E-state index contributed by atoms with van der Waals surface area (Å²) in [7, 11) is 0. The van der Waals surface area contributed by atoms with Crippen LogP contribution in [0.4, 0.5) is 5.82 Å². The van der Waals surface area contributed by atoms with Crippen molar-refractivity contribution >= 4 is 5.82 Å². The van der Waals surface area contributed by atoms with E-state index in [1.807, 2.05) is 0 Å². The molecule has 0 bridgehead atoms. The van der Waals surface area contributed by atoms with Gasteiger partial charge in [-0.1, -0.05) is 26.7 Å². The Kier molecular flexibility index (Phi) is 4.53. The van der Waals surface area contributed by atoms with Gasteiger partial charge in [0.05, 0.1) is 5.69 Å². The van der Waals surface area contributed by atoms with E-state index in [4.69, 9.17) is 5.73 Å². The van der Waals surface area contributed by atoms with Crippen LogP contribution in [0.1, 0.15) is 56.4 Å². The summed E-state index contributed by atoms with van der Waals surface area (Å²) in [6.45, 7) is 4.82. The highest BCUT2D eigenvalue weighted by Crippen LogP contribution is 2.25. The van der Waals surface area contributed by atoms with Crippen LogP contribution >= 0.6 is 0 Å². The number of hydrogen-bond donors (Lipinski definition) is 2. The summed E-state index contributed by atoms with van der Waals surface area (Å²) in [6.07, 6.45) is 7.01. The lowest BCUT2D eigenvalue weighted by atomic mass is 10.0. The maximum atomic E-state index is 5.92. The Morgan fingerprint density at radius 1 is 1.11 bits per heavy atom. The summed E-state index contributed by atoms with van der Waals surface area (Å²) < 4.78 is 0. The lowest BCUT2D eigenvalue weighted by molar-refractivity contribution is 0.735. The highest BCUT2D eigenvalue weighted by atomic mass is 15.2. The molecule has 1 heterocycles. The first-order valence-corrected chi connectivity index (χ1v) is 7.14. The minimum absolute atomic E-state index is 0.542. The van der Waals surface area contributed by atoms with Crippen molar-refractivity contribution in [1.29, 1.82) is 0 Å². The smallest absolute Gasteiger partial charge is 0.153 e. The lowest BCUT2D eigenvalue weighted by Crippen LogP contribution is -2.20. The third kappa shape index (κ3) is 2.64. The summed E-state index contributed by atoms with van der Waals surface area (Å²) in [5, 5.41) is 12.2. The molecule has 0 amide bonds. The molecule has 18 heavy (non-hydrogen) atoms. The van der Waals surface area contributed by atoms with E-state index in [-0.39, 0.29) is 0 Å². The maximum Gasteiger partial charge on any atom is 0.153 e. The third-order valence-electron chi connectivity index (χ3n) is 3.86. The third-order valence-corrected chi connectivity index (χ3v) is 3.86. The topological polar surface area (TPSA) is 63.8 Å². The Hall–Kier alpha value is -1.16. The van der Waals surface area contributed by atoms with Crippen LogP contribution in [0.5, 0.6) is 0 Å². The van der Waals surface area contributed by atoms with Crippen LogP contribution in [0.3, 0.4) is 0 Å². The number of nitrogens with one attached hydrogen (secondary N) is 1. The summed E-state index contributed by atoms with van der Waals surface area (Å²) in [5.74, 6) is 0.915. The van der Waals surface area contributed by atoms with Gasteiger partial charge in [-0.3, -0.25) is 0 Å². The van der Waals surface area contributed by atoms with Gasteiger partial charge in [-0.25, -0.2) is 0 Å². The Morgan fingerprint density at radius 2 is 1.83 bits per heavy atom. The van der Waals surface area contributed by atoms with Gasteiger partial charge < -0.3 is 11.1 Å². The van der Waals surface area contributed by atoms with E-state index in [0.717, 1.165) is 29.9 Å². The molecule has 1 aliphatic rings. The number of aryl methyl sites for hydroxylation is 1. The van der Waals surface area contributed by atoms with Crippen LogP contribution < -0.4 is 11.1 Å². The van der Waals surface area contributed by atoms with Crippen molar-refractivity contribution in [2.75, 3.05) is 5.32 Å². The second-order valence-corrected chi connectivity index (χ2v) is 4.99. The molecule has 0 aliphatic heterocycles. The van der Waals surface area contributed by atoms with E-state index >= 15 is 0 Å². The second-order valence-electron chi connectivity index (χ2n) is 4.99. The van der Waals surface area contributed by atoms with Crippen LogP contribution in [0.25, 0.3) is 0 Å². The summed E-state index contributed by atoms with van der Waals surface area (Å²) in [5.41, 5.74) is 9.46. The predicted molar refractivity (Wildman–Crippen MR) is 74.6 cm³/mol. The molecule has 0 spiro atoms. The van der Waals surface area contributed by atoms with Gasteiger partial charge in [0.25, 0.3) is 0 Å². The molecule has 0 radical (unpaired) electrons. The quantitative estimate of drug-likeness (QED) is 0.840. The fourth-order valence-corrected chi connectivity index (χ4v) is 2.85. The van der Waals surface area contributed by atoms with Crippen molar-refractivity contribution in [3.05, 3.63) is 16.8 Å². The monoisotopic (exact) mass is 248 g/mol. The van der Waals surface area contributed by atoms with Crippen LogP contribution in [-0.2, 0) is 19.4 Å². The Morgan fingerprint density at radius 3 is 2.39 bits per heavy atom. The number of anilines is 1. The van der Waals surface area contributed by atoms with E-state index in [0.29, 0.717) is 12.6 Å². The van der Waals surface area contributed by atoms with Crippen molar-refractivity contribution in [3.8, 4) is 0 Å². The van der Waals surface area contributed by atoms with Gasteiger partial charge in [-0.05, 0) is 31.2 Å². The molecule has 0 aromatic carbocycles. The molecule has 0 unspecified atom stereocenters. The van der Waals surface area contributed by atoms with Gasteiger partial charge in [-0.2, -0.15) is 5.10 Å². The normalized spacial score (nSPS) is 16.2. The van der Waals surface area contributed by atoms with Crippen LogP contribution in [0.2, 0.25) is 0 Å². The number of nitrogens with two attached hydrogens (primary N) is 1. The molecule has 1 fully saturated rings. The van der Waals surface area contributed by atoms with Gasteiger partial charge in [0.15, 0.2) is 5.82 Å². The molecule has 1 aromatic heterocycles.